The highest BCUT2D eigenvalue weighted by molar-refractivity contribution is 7.99. The predicted octanol–water partition coefficient (Wildman–Crippen LogP) is 3.33. The molecule has 140 valence electrons. The number of carbonyl (C=O) groups excluding carboxylic acids is 2. The molecule has 2 N–H and O–H groups in total. The fourth-order valence-corrected chi connectivity index (χ4v) is 3.54. The van der Waals surface area contributed by atoms with Crippen molar-refractivity contribution in [2.75, 3.05) is 17.6 Å². The summed E-state index contributed by atoms with van der Waals surface area (Å²) in [6.45, 7) is 4.91. The number of halogens is 1. The van der Waals surface area contributed by atoms with Gasteiger partial charge in [-0.15, -0.1) is 22.0 Å². The quantitative estimate of drug-likeness (QED) is 0.679. The molecule has 0 atom stereocenters. The number of rotatable bonds is 9. The van der Waals surface area contributed by atoms with Gasteiger partial charge in [0, 0.05) is 18.0 Å². The van der Waals surface area contributed by atoms with E-state index in [1.54, 1.807) is 0 Å². The van der Waals surface area contributed by atoms with Gasteiger partial charge in [-0.2, -0.15) is 0 Å². The molecule has 0 fully saturated rings. The minimum Gasteiger partial charge on any atom is -0.355 e. The number of hydrogen-bond acceptors (Lipinski definition) is 6. The second kappa shape index (κ2) is 10.2. The number of thioether (sulfide) groups is 1. The topological polar surface area (TPSA) is 84.0 Å². The van der Waals surface area contributed by atoms with Crippen molar-refractivity contribution < 1.29 is 14.0 Å². The van der Waals surface area contributed by atoms with Gasteiger partial charge in [0.05, 0.1) is 5.75 Å². The molecule has 0 bridgehead atoms. The Kier molecular flexibility index (Phi) is 7.99. The molecule has 26 heavy (non-hydrogen) atoms. The molecule has 9 heteroatoms. The molecule has 0 aliphatic heterocycles. The maximum atomic E-state index is 12.9. The Morgan fingerprint density at radius 3 is 2.65 bits per heavy atom. The van der Waals surface area contributed by atoms with E-state index < -0.39 is 5.91 Å². The maximum Gasteiger partial charge on any atom is 0.286 e. The monoisotopic (exact) mass is 396 g/mol. The molecule has 1 heterocycles. The van der Waals surface area contributed by atoms with Crippen LogP contribution in [0.4, 0.5) is 10.1 Å². The molecule has 1 aromatic heterocycles. The number of amides is 2. The number of anilines is 1. The van der Waals surface area contributed by atoms with Gasteiger partial charge in [0.2, 0.25) is 10.9 Å². The average molecular weight is 397 g/mol. The molecule has 2 aromatic rings. The first-order chi connectivity index (χ1) is 12.4. The highest BCUT2D eigenvalue weighted by atomic mass is 32.2. The van der Waals surface area contributed by atoms with Crippen LogP contribution < -0.4 is 10.6 Å². The van der Waals surface area contributed by atoms with Crippen molar-refractivity contribution in [3.8, 4) is 0 Å². The Hall–Kier alpha value is -2.00. The Morgan fingerprint density at radius 1 is 1.23 bits per heavy atom. The normalized spacial score (nSPS) is 10.8. The van der Waals surface area contributed by atoms with Gasteiger partial charge >= 0.3 is 0 Å². The van der Waals surface area contributed by atoms with E-state index in [0.717, 1.165) is 6.42 Å². The fourth-order valence-electron chi connectivity index (χ4n) is 1.90. The van der Waals surface area contributed by atoms with Crippen LogP contribution >= 0.6 is 23.1 Å². The lowest BCUT2D eigenvalue weighted by Gasteiger charge is -2.06. The van der Waals surface area contributed by atoms with Crippen LogP contribution in [0.5, 0.6) is 0 Å². The van der Waals surface area contributed by atoms with Gasteiger partial charge in [0.1, 0.15) is 10.8 Å². The van der Waals surface area contributed by atoms with Gasteiger partial charge in [-0.3, -0.25) is 9.59 Å². The first-order valence-electron chi connectivity index (χ1n) is 8.18. The summed E-state index contributed by atoms with van der Waals surface area (Å²) in [6, 6.07) is 5.49. The lowest BCUT2D eigenvalue weighted by Crippen LogP contribution is -2.26. The van der Waals surface area contributed by atoms with E-state index in [9.17, 15) is 14.0 Å². The Bertz CT molecular complexity index is 735. The van der Waals surface area contributed by atoms with Crippen LogP contribution in [0.3, 0.4) is 0 Å². The summed E-state index contributed by atoms with van der Waals surface area (Å²) < 4.78 is 12.9. The molecule has 2 amide bonds. The van der Waals surface area contributed by atoms with Crippen LogP contribution in [0.1, 0.15) is 35.1 Å². The molecular formula is C17H21FN4O2S2. The Morgan fingerprint density at radius 2 is 1.96 bits per heavy atom. The average Bonchev–Trinajstić information content (AvgIpc) is 3.05. The van der Waals surface area contributed by atoms with E-state index in [4.69, 9.17) is 0 Å². The second-order valence-electron chi connectivity index (χ2n) is 5.99. The number of carbonyl (C=O) groups is 2. The molecule has 0 radical (unpaired) electrons. The summed E-state index contributed by atoms with van der Waals surface area (Å²) in [5.74, 6) is 0.648. The van der Waals surface area contributed by atoms with E-state index in [-0.39, 0.29) is 16.7 Å². The molecule has 6 nitrogen and oxygen atoms in total. The van der Waals surface area contributed by atoms with Crippen LogP contribution in [0.25, 0.3) is 0 Å². The molecule has 2 rings (SSSR count). The molecule has 0 spiro atoms. The highest BCUT2D eigenvalue weighted by Crippen LogP contribution is 2.18. The van der Waals surface area contributed by atoms with Crippen LogP contribution in [0, 0.1) is 11.7 Å². The van der Waals surface area contributed by atoms with Crippen molar-refractivity contribution in [1.82, 2.24) is 15.5 Å². The smallest absolute Gasteiger partial charge is 0.286 e. The molecule has 0 unspecified atom stereocenters. The summed E-state index contributed by atoms with van der Waals surface area (Å²) in [6.07, 6.45) is 0.958. The van der Waals surface area contributed by atoms with Crippen molar-refractivity contribution in [2.45, 2.75) is 26.0 Å². The molecule has 0 saturated heterocycles. The standard InChI is InChI=1S/C17H21FN4O2S2/c1-11(2)7-8-19-14(23)9-25-10-15-21-22-17(26-15)16(24)20-13-5-3-12(18)4-6-13/h3-6,11H,7-10H2,1-2H3,(H,19,23)(H,20,24). The Labute approximate surface area is 160 Å². The number of nitrogens with one attached hydrogen (secondary N) is 2. The van der Waals surface area contributed by atoms with Crippen molar-refractivity contribution in [3.63, 3.8) is 0 Å². The number of hydrogen-bond donors (Lipinski definition) is 2. The number of aromatic nitrogens is 2. The number of benzene rings is 1. The Balaban J connectivity index is 1.74. The van der Waals surface area contributed by atoms with Gasteiger partial charge < -0.3 is 10.6 Å². The predicted molar refractivity (Wildman–Crippen MR) is 103 cm³/mol. The van der Waals surface area contributed by atoms with Gasteiger partial charge in [-0.1, -0.05) is 25.2 Å². The summed E-state index contributed by atoms with van der Waals surface area (Å²) in [4.78, 5) is 23.8. The molecule has 0 aliphatic carbocycles. The van der Waals surface area contributed by atoms with E-state index in [2.05, 4.69) is 34.7 Å². The maximum absolute atomic E-state index is 12.9. The number of nitrogens with zero attached hydrogens (tertiary/aromatic N) is 2. The fraction of sp³-hybridized carbons (Fsp3) is 0.412. The largest absolute Gasteiger partial charge is 0.355 e. The van der Waals surface area contributed by atoms with Gasteiger partial charge in [-0.25, -0.2) is 4.39 Å². The second-order valence-corrected chi connectivity index (χ2v) is 8.03. The first kappa shape index (κ1) is 20.3. The zero-order valence-electron chi connectivity index (χ0n) is 14.6. The summed E-state index contributed by atoms with van der Waals surface area (Å²) >= 11 is 2.60. The lowest BCUT2D eigenvalue weighted by atomic mass is 10.1. The van der Waals surface area contributed by atoms with E-state index in [1.165, 1.54) is 47.4 Å². The van der Waals surface area contributed by atoms with Crippen molar-refractivity contribution in [2.24, 2.45) is 5.92 Å². The third-order valence-electron chi connectivity index (χ3n) is 3.27. The molecule has 0 saturated carbocycles. The third-order valence-corrected chi connectivity index (χ3v) is 5.31. The highest BCUT2D eigenvalue weighted by Gasteiger charge is 2.13. The summed E-state index contributed by atoms with van der Waals surface area (Å²) in [5.41, 5.74) is 0.487. The van der Waals surface area contributed by atoms with Crippen LogP contribution in [-0.4, -0.2) is 34.3 Å². The first-order valence-corrected chi connectivity index (χ1v) is 10.1. The van der Waals surface area contributed by atoms with Crippen LogP contribution in [0.15, 0.2) is 24.3 Å². The summed E-state index contributed by atoms with van der Waals surface area (Å²) in [5, 5.41) is 14.2. The zero-order valence-corrected chi connectivity index (χ0v) is 16.3. The van der Waals surface area contributed by atoms with Gasteiger partial charge in [0.25, 0.3) is 5.91 Å². The lowest BCUT2D eigenvalue weighted by molar-refractivity contribution is -0.118. The third kappa shape index (κ3) is 7.09. The van der Waals surface area contributed by atoms with Gasteiger partial charge in [0.15, 0.2) is 0 Å². The molecule has 0 aliphatic rings. The van der Waals surface area contributed by atoms with E-state index in [1.807, 2.05) is 0 Å². The molecular weight excluding hydrogens is 375 g/mol. The van der Waals surface area contributed by atoms with Crippen molar-refractivity contribution in [1.29, 1.82) is 0 Å². The minimum atomic E-state index is -0.392. The van der Waals surface area contributed by atoms with Crippen molar-refractivity contribution in [3.05, 3.63) is 40.1 Å². The van der Waals surface area contributed by atoms with E-state index in [0.29, 0.717) is 34.7 Å². The SMILES string of the molecule is CC(C)CCNC(=O)CSCc1nnc(C(=O)Nc2ccc(F)cc2)s1. The van der Waals surface area contributed by atoms with E-state index >= 15 is 0 Å². The molecule has 1 aromatic carbocycles. The minimum absolute atomic E-state index is 0.00515. The summed E-state index contributed by atoms with van der Waals surface area (Å²) in [7, 11) is 0. The van der Waals surface area contributed by atoms with Gasteiger partial charge in [-0.05, 0) is 36.6 Å². The zero-order chi connectivity index (χ0) is 18.9. The van der Waals surface area contributed by atoms with Crippen LogP contribution in [-0.2, 0) is 10.5 Å². The van der Waals surface area contributed by atoms with Crippen LogP contribution in [0.2, 0.25) is 0 Å². The van der Waals surface area contributed by atoms with Crippen molar-refractivity contribution >= 4 is 40.6 Å².